The molecule has 0 fully saturated rings. The Hall–Kier alpha value is 1.39. The third kappa shape index (κ3) is 12.6. The molecule has 0 N–H and O–H groups in total. The van der Waals surface area contributed by atoms with Crippen LogP contribution in [0.3, 0.4) is 0 Å². The number of hydrogen-bond acceptors (Lipinski definition) is 1. The van der Waals surface area contributed by atoms with Crippen LogP contribution in [0.2, 0.25) is 28.4 Å². The van der Waals surface area contributed by atoms with Crippen molar-refractivity contribution in [3.8, 4) is 0 Å². The van der Waals surface area contributed by atoms with Crippen molar-refractivity contribution in [1.82, 2.24) is 0 Å². The molecular weight excluding hydrogens is 400 g/mol. The van der Waals surface area contributed by atoms with Crippen molar-refractivity contribution >= 4 is 0 Å². The molecular formula is C24H54OTi2. The van der Waals surface area contributed by atoms with Gasteiger partial charge in [0, 0.05) is 0 Å². The van der Waals surface area contributed by atoms with Crippen LogP contribution < -0.4 is 0 Å². The predicted octanol–water partition coefficient (Wildman–Crippen LogP) is 10.5. The van der Waals surface area contributed by atoms with Gasteiger partial charge in [-0.05, 0) is 0 Å². The molecule has 27 heavy (non-hydrogen) atoms. The van der Waals surface area contributed by atoms with Crippen molar-refractivity contribution < 1.29 is 35.9 Å². The molecule has 0 unspecified atom stereocenters. The molecule has 0 aliphatic rings. The third-order valence-electron chi connectivity index (χ3n) is 6.35. The summed E-state index contributed by atoms with van der Waals surface area (Å²) >= 11 is -4.37. The van der Waals surface area contributed by atoms with Crippen molar-refractivity contribution in [1.29, 1.82) is 0 Å². The van der Waals surface area contributed by atoms with Crippen LogP contribution in [0.5, 0.6) is 0 Å². The van der Waals surface area contributed by atoms with Crippen LogP contribution >= 0.6 is 0 Å². The molecule has 3 heteroatoms. The molecule has 0 aliphatic carbocycles. The average molecular weight is 454 g/mol. The fraction of sp³-hybridized carbons (Fsp3) is 1.00. The Bertz CT molecular complexity index is 246. The molecule has 0 aromatic heterocycles. The molecule has 0 atom stereocenters. The monoisotopic (exact) mass is 454 g/mol. The van der Waals surface area contributed by atoms with E-state index in [0.717, 1.165) is 0 Å². The van der Waals surface area contributed by atoms with Crippen LogP contribution in [0.25, 0.3) is 0 Å². The van der Waals surface area contributed by atoms with Gasteiger partial charge in [0.15, 0.2) is 0 Å². The molecule has 0 radical (unpaired) electrons. The first kappa shape index (κ1) is 28.4. The van der Waals surface area contributed by atoms with E-state index < -0.39 is 34.0 Å². The quantitative estimate of drug-likeness (QED) is 0.166. The molecule has 0 spiro atoms. The van der Waals surface area contributed by atoms with Crippen LogP contribution in [0.4, 0.5) is 0 Å². The van der Waals surface area contributed by atoms with Gasteiger partial charge in [-0.1, -0.05) is 0 Å². The number of rotatable bonds is 20. The summed E-state index contributed by atoms with van der Waals surface area (Å²) < 4.78 is 16.9. The van der Waals surface area contributed by atoms with Gasteiger partial charge in [-0.25, -0.2) is 0 Å². The summed E-state index contributed by atoms with van der Waals surface area (Å²) in [5.74, 6) is 0. The fourth-order valence-corrected chi connectivity index (χ4v) is 28.4. The van der Waals surface area contributed by atoms with Crippen molar-refractivity contribution in [2.24, 2.45) is 0 Å². The molecule has 0 aromatic rings. The predicted molar refractivity (Wildman–Crippen MR) is 119 cm³/mol. The zero-order chi connectivity index (χ0) is 20.4. The standard InChI is InChI=1S/6C4H9.O.2Ti/c6*1-3-4-2;;;/h6*1,3-4H2,2H3;;;. The van der Waals surface area contributed by atoms with E-state index >= 15 is 0 Å². The second-order valence-corrected chi connectivity index (χ2v) is 22.8. The summed E-state index contributed by atoms with van der Waals surface area (Å²) in [5, 5.41) is 0. The van der Waals surface area contributed by atoms with E-state index in [1.54, 1.807) is 0 Å². The maximum atomic E-state index is 7.81. The first-order chi connectivity index (χ1) is 13.1. The minimum absolute atomic E-state index is 1.35. The molecule has 1 nitrogen and oxygen atoms in total. The van der Waals surface area contributed by atoms with Crippen molar-refractivity contribution in [3.05, 3.63) is 0 Å². The first-order valence-corrected chi connectivity index (χ1v) is 20.7. The first-order valence-electron chi connectivity index (χ1n) is 12.8. The molecule has 0 aromatic carbocycles. The molecule has 0 rings (SSSR count). The molecule has 0 saturated heterocycles. The summed E-state index contributed by atoms with van der Waals surface area (Å²) in [7, 11) is 0. The van der Waals surface area contributed by atoms with E-state index in [1.165, 1.54) is 105 Å². The van der Waals surface area contributed by atoms with Gasteiger partial charge in [0.2, 0.25) is 0 Å². The van der Waals surface area contributed by atoms with Gasteiger partial charge >= 0.3 is 183 Å². The van der Waals surface area contributed by atoms with Crippen molar-refractivity contribution in [2.45, 2.75) is 147 Å². The summed E-state index contributed by atoms with van der Waals surface area (Å²) in [6, 6.07) is 0. The Morgan fingerprint density at radius 1 is 0.370 bits per heavy atom. The van der Waals surface area contributed by atoms with E-state index in [2.05, 4.69) is 41.5 Å². The normalized spacial score (nSPS) is 12.7. The van der Waals surface area contributed by atoms with Gasteiger partial charge in [0.25, 0.3) is 0 Å². The van der Waals surface area contributed by atoms with E-state index in [0.29, 0.717) is 0 Å². The average Bonchev–Trinajstić information content (AvgIpc) is 2.70. The number of hydrogen-bond donors (Lipinski definition) is 0. The molecule has 0 saturated carbocycles. The number of unbranched alkanes of at least 4 members (excludes halogenated alkanes) is 6. The third-order valence-corrected chi connectivity index (χ3v) is 25.1. The van der Waals surface area contributed by atoms with Crippen LogP contribution in [0, 0.1) is 0 Å². The van der Waals surface area contributed by atoms with Gasteiger partial charge in [-0.15, -0.1) is 0 Å². The van der Waals surface area contributed by atoms with E-state index in [1.807, 2.05) is 0 Å². The molecule has 0 aliphatic heterocycles. The summed E-state index contributed by atoms with van der Waals surface area (Å²) in [5.41, 5.74) is 0. The Kier molecular flexibility index (Phi) is 19.1. The fourth-order valence-electron chi connectivity index (χ4n) is 4.51. The van der Waals surface area contributed by atoms with Crippen LogP contribution in [0.1, 0.15) is 119 Å². The van der Waals surface area contributed by atoms with E-state index in [4.69, 9.17) is 1.90 Å². The topological polar surface area (TPSA) is 9.23 Å². The minimum atomic E-state index is -2.18. The Balaban J connectivity index is 5.66. The van der Waals surface area contributed by atoms with Crippen molar-refractivity contribution in [3.63, 3.8) is 0 Å². The molecule has 0 bridgehead atoms. The summed E-state index contributed by atoms with van der Waals surface area (Å²) in [4.78, 5) is 0. The van der Waals surface area contributed by atoms with Gasteiger partial charge in [-0.3, -0.25) is 0 Å². The summed E-state index contributed by atoms with van der Waals surface area (Å²) in [6.07, 6.45) is 16.7. The SMILES string of the molecule is CCC[CH2][Ti]([CH2]CCC)([CH2]CCC)[O][Ti]([CH2]CCC)([CH2]CCC)[CH2]CCC. The van der Waals surface area contributed by atoms with Crippen molar-refractivity contribution in [2.75, 3.05) is 0 Å². The Morgan fingerprint density at radius 3 is 0.704 bits per heavy atom. The van der Waals surface area contributed by atoms with Gasteiger partial charge in [-0.2, -0.15) is 0 Å². The molecule has 0 heterocycles. The molecule has 0 amide bonds. The van der Waals surface area contributed by atoms with E-state index in [-0.39, 0.29) is 0 Å². The van der Waals surface area contributed by atoms with Gasteiger partial charge < -0.3 is 0 Å². The molecule has 164 valence electrons. The maximum absolute atomic E-state index is 7.81. The van der Waals surface area contributed by atoms with Crippen LogP contribution in [0.15, 0.2) is 0 Å². The zero-order valence-electron chi connectivity index (χ0n) is 20.1. The second kappa shape index (κ2) is 18.2. The Labute approximate surface area is 181 Å². The Morgan fingerprint density at radius 2 is 0.556 bits per heavy atom. The van der Waals surface area contributed by atoms with Gasteiger partial charge in [0.1, 0.15) is 0 Å². The van der Waals surface area contributed by atoms with E-state index in [9.17, 15) is 0 Å². The summed E-state index contributed by atoms with van der Waals surface area (Å²) in [6.45, 7) is 14.3. The van der Waals surface area contributed by atoms with Gasteiger partial charge in [0.05, 0.1) is 0 Å². The van der Waals surface area contributed by atoms with Crippen LogP contribution in [-0.2, 0) is 35.9 Å². The second-order valence-electron chi connectivity index (χ2n) is 9.09. The van der Waals surface area contributed by atoms with Crippen LogP contribution in [-0.4, -0.2) is 0 Å². The zero-order valence-corrected chi connectivity index (χ0v) is 23.3.